The third-order valence-corrected chi connectivity index (χ3v) is 4.35. The van der Waals surface area contributed by atoms with Crippen LogP contribution in [0.25, 0.3) is 0 Å². The van der Waals surface area contributed by atoms with Crippen LogP contribution in [-0.2, 0) is 6.54 Å². The molecule has 0 aromatic carbocycles. The first-order valence-electron chi connectivity index (χ1n) is 7.50. The number of nitrogens with one attached hydrogen (secondary N) is 1. The number of hydrogen-bond acceptors (Lipinski definition) is 2. The molecule has 1 aliphatic heterocycles. The van der Waals surface area contributed by atoms with E-state index in [0.717, 1.165) is 32.5 Å². The highest BCUT2D eigenvalue weighted by atomic mass is 35.5. The van der Waals surface area contributed by atoms with Crippen molar-refractivity contribution in [2.45, 2.75) is 52.2 Å². The van der Waals surface area contributed by atoms with Crippen LogP contribution in [0.5, 0.6) is 0 Å². The number of aromatic nitrogens is 1. The lowest BCUT2D eigenvalue weighted by atomic mass is 10.0. The third kappa shape index (κ3) is 3.01. The lowest BCUT2D eigenvalue weighted by Crippen LogP contribution is -2.58. The van der Waals surface area contributed by atoms with E-state index in [0.29, 0.717) is 16.8 Å². The first kappa shape index (κ1) is 15.4. The second-order valence-corrected chi connectivity index (χ2v) is 5.80. The zero-order valence-corrected chi connectivity index (χ0v) is 13.3. The molecule has 2 unspecified atom stereocenters. The average molecular weight is 298 g/mol. The summed E-state index contributed by atoms with van der Waals surface area (Å²) in [6, 6.07) is 2.44. The third-order valence-electron chi connectivity index (χ3n) is 4.15. The van der Waals surface area contributed by atoms with Crippen LogP contribution in [-0.4, -0.2) is 40.5 Å². The predicted octanol–water partition coefficient (Wildman–Crippen LogP) is 2.76. The number of piperazine rings is 1. The Hall–Kier alpha value is -1.00. The molecule has 0 bridgehead atoms. The van der Waals surface area contributed by atoms with Gasteiger partial charge in [0.1, 0.15) is 5.69 Å². The lowest BCUT2D eigenvalue weighted by Gasteiger charge is -2.40. The van der Waals surface area contributed by atoms with E-state index in [1.165, 1.54) is 0 Å². The molecule has 1 fully saturated rings. The van der Waals surface area contributed by atoms with Gasteiger partial charge in [-0.05, 0) is 25.8 Å². The molecule has 2 heterocycles. The Bertz CT molecular complexity index is 472. The minimum absolute atomic E-state index is 0.102. The summed E-state index contributed by atoms with van der Waals surface area (Å²) in [7, 11) is 0. The molecule has 1 aromatic heterocycles. The van der Waals surface area contributed by atoms with Gasteiger partial charge in [0.25, 0.3) is 5.91 Å². The largest absolute Gasteiger partial charge is 0.342 e. The topological polar surface area (TPSA) is 37.3 Å². The van der Waals surface area contributed by atoms with Crippen LogP contribution in [0.1, 0.15) is 44.1 Å². The number of rotatable bonds is 4. The van der Waals surface area contributed by atoms with E-state index in [2.05, 4.69) is 19.2 Å². The van der Waals surface area contributed by atoms with Gasteiger partial charge in [0.05, 0.1) is 5.02 Å². The molecule has 5 heteroatoms. The molecule has 4 nitrogen and oxygen atoms in total. The summed E-state index contributed by atoms with van der Waals surface area (Å²) >= 11 is 6.05. The highest BCUT2D eigenvalue weighted by Gasteiger charge is 2.31. The summed E-state index contributed by atoms with van der Waals surface area (Å²) < 4.78 is 1.93. The Balaban J connectivity index is 2.24. The smallest absolute Gasteiger partial charge is 0.270 e. The van der Waals surface area contributed by atoms with Crippen LogP contribution >= 0.6 is 11.6 Å². The van der Waals surface area contributed by atoms with Crippen molar-refractivity contribution in [1.82, 2.24) is 14.8 Å². The first-order chi connectivity index (χ1) is 9.60. The quantitative estimate of drug-likeness (QED) is 0.928. The van der Waals surface area contributed by atoms with E-state index < -0.39 is 0 Å². The van der Waals surface area contributed by atoms with E-state index in [1.807, 2.05) is 22.6 Å². The van der Waals surface area contributed by atoms with Crippen molar-refractivity contribution in [2.75, 3.05) is 13.1 Å². The number of aryl methyl sites for hydroxylation is 1. The molecule has 1 amide bonds. The maximum atomic E-state index is 12.8. The first-order valence-corrected chi connectivity index (χ1v) is 7.88. The van der Waals surface area contributed by atoms with Crippen LogP contribution < -0.4 is 5.32 Å². The van der Waals surface area contributed by atoms with Crippen LogP contribution in [0.2, 0.25) is 5.02 Å². The SMILES string of the molecule is CCC1CN(C(=O)c2cc(Cl)cn2CC)C(CC)CN1. The fraction of sp³-hybridized carbons (Fsp3) is 0.667. The van der Waals surface area contributed by atoms with Gasteiger partial charge in [-0.25, -0.2) is 0 Å². The molecule has 20 heavy (non-hydrogen) atoms. The Morgan fingerprint density at radius 1 is 1.40 bits per heavy atom. The second kappa shape index (κ2) is 6.64. The van der Waals surface area contributed by atoms with Crippen molar-refractivity contribution in [3.63, 3.8) is 0 Å². The van der Waals surface area contributed by atoms with Gasteiger partial charge < -0.3 is 14.8 Å². The van der Waals surface area contributed by atoms with Gasteiger partial charge in [-0.3, -0.25) is 4.79 Å². The minimum atomic E-state index is 0.102. The lowest BCUT2D eigenvalue weighted by molar-refractivity contribution is 0.0565. The fourth-order valence-electron chi connectivity index (χ4n) is 2.81. The van der Waals surface area contributed by atoms with Gasteiger partial charge in [-0.15, -0.1) is 0 Å². The molecular formula is C15H24ClN3O. The molecule has 2 atom stereocenters. The van der Waals surface area contributed by atoms with Gasteiger partial charge in [-0.2, -0.15) is 0 Å². The predicted molar refractivity (Wildman–Crippen MR) is 82.3 cm³/mol. The van der Waals surface area contributed by atoms with E-state index >= 15 is 0 Å². The molecule has 0 aliphatic carbocycles. The fourth-order valence-corrected chi connectivity index (χ4v) is 3.03. The van der Waals surface area contributed by atoms with Crippen molar-refractivity contribution >= 4 is 17.5 Å². The summed E-state index contributed by atoms with van der Waals surface area (Å²) in [5.74, 6) is 0.102. The summed E-state index contributed by atoms with van der Waals surface area (Å²) in [5, 5.41) is 4.14. The van der Waals surface area contributed by atoms with Crippen LogP contribution in [0.3, 0.4) is 0 Å². The van der Waals surface area contributed by atoms with Crippen molar-refractivity contribution in [3.05, 3.63) is 23.0 Å². The van der Waals surface area contributed by atoms with Gasteiger partial charge in [0.2, 0.25) is 0 Å². The number of nitrogens with zero attached hydrogens (tertiary/aromatic N) is 2. The maximum Gasteiger partial charge on any atom is 0.270 e. The van der Waals surface area contributed by atoms with Gasteiger partial charge in [0, 0.05) is 37.9 Å². The molecular weight excluding hydrogens is 274 g/mol. The standard InChI is InChI=1S/C15H24ClN3O/c1-4-12-10-19(13(5-2)8-17-12)15(20)14-7-11(16)9-18(14)6-3/h7,9,12-13,17H,4-6,8,10H2,1-3H3. The molecule has 112 valence electrons. The number of carbonyl (C=O) groups is 1. The second-order valence-electron chi connectivity index (χ2n) is 5.36. The van der Waals surface area contributed by atoms with E-state index in [1.54, 1.807) is 6.07 Å². The highest BCUT2D eigenvalue weighted by molar-refractivity contribution is 6.31. The van der Waals surface area contributed by atoms with Gasteiger partial charge in [0.15, 0.2) is 0 Å². The molecule has 1 aromatic rings. The molecule has 1 N–H and O–H groups in total. The van der Waals surface area contributed by atoms with Crippen molar-refractivity contribution in [2.24, 2.45) is 0 Å². The molecule has 0 saturated carbocycles. The molecule has 2 rings (SSSR count). The normalized spacial score (nSPS) is 23.1. The van der Waals surface area contributed by atoms with Crippen molar-refractivity contribution < 1.29 is 4.79 Å². The Morgan fingerprint density at radius 3 is 2.75 bits per heavy atom. The van der Waals surface area contributed by atoms with Gasteiger partial charge >= 0.3 is 0 Å². The number of carbonyl (C=O) groups excluding carboxylic acids is 1. The Kier molecular flexibility index (Phi) is 5.11. The zero-order chi connectivity index (χ0) is 14.7. The number of amides is 1. The molecule has 0 spiro atoms. The Labute approximate surface area is 126 Å². The maximum absolute atomic E-state index is 12.8. The van der Waals surface area contributed by atoms with E-state index in [-0.39, 0.29) is 11.9 Å². The number of halogens is 1. The van der Waals surface area contributed by atoms with Crippen LogP contribution in [0, 0.1) is 0 Å². The monoisotopic (exact) mass is 297 g/mol. The van der Waals surface area contributed by atoms with Gasteiger partial charge in [-0.1, -0.05) is 25.4 Å². The van der Waals surface area contributed by atoms with Crippen molar-refractivity contribution in [1.29, 1.82) is 0 Å². The van der Waals surface area contributed by atoms with Crippen molar-refractivity contribution in [3.8, 4) is 0 Å². The van der Waals surface area contributed by atoms with Crippen LogP contribution in [0.15, 0.2) is 12.3 Å². The average Bonchev–Trinajstić information content (AvgIpc) is 2.86. The summed E-state index contributed by atoms with van der Waals surface area (Å²) in [5.41, 5.74) is 0.702. The van der Waals surface area contributed by atoms with E-state index in [9.17, 15) is 4.79 Å². The zero-order valence-electron chi connectivity index (χ0n) is 12.5. The van der Waals surface area contributed by atoms with E-state index in [4.69, 9.17) is 11.6 Å². The summed E-state index contributed by atoms with van der Waals surface area (Å²) in [6.45, 7) is 8.72. The molecule has 1 saturated heterocycles. The molecule has 1 aliphatic rings. The highest BCUT2D eigenvalue weighted by Crippen LogP contribution is 2.20. The minimum Gasteiger partial charge on any atom is -0.342 e. The molecule has 0 radical (unpaired) electrons. The summed E-state index contributed by atoms with van der Waals surface area (Å²) in [4.78, 5) is 14.9. The number of hydrogen-bond donors (Lipinski definition) is 1. The summed E-state index contributed by atoms with van der Waals surface area (Å²) in [6.07, 6.45) is 3.83. The van der Waals surface area contributed by atoms with Crippen LogP contribution in [0.4, 0.5) is 0 Å². The Morgan fingerprint density at radius 2 is 2.15 bits per heavy atom.